The molecule has 5 heteroatoms. The van der Waals surface area contributed by atoms with Gasteiger partial charge in [-0.05, 0) is 35.7 Å². The van der Waals surface area contributed by atoms with E-state index in [4.69, 9.17) is 11.6 Å². The zero-order chi connectivity index (χ0) is 17.6. The molecule has 3 aromatic rings. The maximum absolute atomic E-state index is 13.1. The maximum atomic E-state index is 13.1. The fourth-order valence-corrected chi connectivity index (χ4v) is 2.66. The number of rotatable bonds is 5. The predicted molar refractivity (Wildman–Crippen MR) is 95.9 cm³/mol. The summed E-state index contributed by atoms with van der Waals surface area (Å²) in [7, 11) is 0. The van der Waals surface area contributed by atoms with E-state index in [2.05, 4.69) is 17.4 Å². The average molecular weight is 356 g/mol. The van der Waals surface area contributed by atoms with E-state index in [0.29, 0.717) is 5.69 Å². The fourth-order valence-electron chi connectivity index (χ4n) is 2.48. The van der Waals surface area contributed by atoms with Crippen molar-refractivity contribution in [2.24, 2.45) is 0 Å². The number of pyridine rings is 1. The number of carbonyl (C=O) groups excluding carboxylic acids is 1. The number of aromatic nitrogens is 1. The monoisotopic (exact) mass is 355 g/mol. The minimum Gasteiger partial charge on any atom is -0.321 e. The van der Waals surface area contributed by atoms with Crippen molar-refractivity contribution in [1.29, 1.82) is 0 Å². The van der Waals surface area contributed by atoms with Crippen LogP contribution in [0.4, 0.5) is 10.1 Å². The summed E-state index contributed by atoms with van der Waals surface area (Å²) in [6, 6.07) is 18.3. The van der Waals surface area contributed by atoms with Gasteiger partial charge in [-0.2, -0.15) is 4.57 Å². The summed E-state index contributed by atoms with van der Waals surface area (Å²) in [5.41, 5.74) is 2.89. The van der Waals surface area contributed by atoms with Gasteiger partial charge in [0.25, 0.3) is 5.91 Å². The number of halogens is 2. The number of anilines is 1. The summed E-state index contributed by atoms with van der Waals surface area (Å²) < 4.78 is 14.9. The van der Waals surface area contributed by atoms with Crippen LogP contribution in [0.2, 0.25) is 5.02 Å². The van der Waals surface area contributed by atoms with Gasteiger partial charge in [0.05, 0.1) is 5.02 Å². The molecule has 0 aliphatic rings. The normalized spacial score (nSPS) is 10.5. The molecule has 3 nitrogen and oxygen atoms in total. The van der Waals surface area contributed by atoms with Crippen LogP contribution in [-0.2, 0) is 17.8 Å². The number of nitrogens with zero attached hydrogens (tertiary/aromatic N) is 1. The smallest absolute Gasteiger partial charge is 0.290 e. The second-order valence-electron chi connectivity index (χ2n) is 5.72. The molecule has 3 rings (SSSR count). The Bertz CT molecular complexity index is 867. The number of amides is 1. The zero-order valence-electron chi connectivity index (χ0n) is 13.5. The van der Waals surface area contributed by atoms with E-state index in [1.54, 1.807) is 4.57 Å². The Hall–Kier alpha value is -2.72. The van der Waals surface area contributed by atoms with Crippen molar-refractivity contribution in [3.63, 3.8) is 0 Å². The topological polar surface area (TPSA) is 33.0 Å². The van der Waals surface area contributed by atoms with Crippen molar-refractivity contribution >= 4 is 23.2 Å². The van der Waals surface area contributed by atoms with E-state index < -0.39 is 5.82 Å². The van der Waals surface area contributed by atoms with E-state index >= 15 is 0 Å². The van der Waals surface area contributed by atoms with E-state index in [0.717, 1.165) is 6.42 Å². The summed E-state index contributed by atoms with van der Waals surface area (Å²) >= 11 is 5.71. The Labute approximate surface area is 150 Å². The standard InChI is InChI=1S/C20H16ClFN2O/c21-18-13-17(6-7-19(18)22)23-20(25)14-24-10-8-16(9-11-24)12-15-4-2-1-3-5-15/h1-11,13H,12,14H2/p+1. The molecule has 126 valence electrons. The number of hydrogen-bond acceptors (Lipinski definition) is 1. The van der Waals surface area contributed by atoms with Gasteiger partial charge in [-0.1, -0.05) is 41.9 Å². The zero-order valence-corrected chi connectivity index (χ0v) is 14.2. The summed E-state index contributed by atoms with van der Waals surface area (Å²) in [6.45, 7) is 0.167. The highest BCUT2D eigenvalue weighted by Crippen LogP contribution is 2.19. The molecule has 2 aromatic carbocycles. The van der Waals surface area contributed by atoms with Crippen molar-refractivity contribution in [3.8, 4) is 0 Å². The molecule has 0 unspecified atom stereocenters. The lowest BCUT2D eigenvalue weighted by Crippen LogP contribution is -2.39. The minimum atomic E-state index is -0.511. The second-order valence-corrected chi connectivity index (χ2v) is 6.13. The molecule has 0 bridgehead atoms. The number of nitrogens with one attached hydrogen (secondary N) is 1. The van der Waals surface area contributed by atoms with Crippen molar-refractivity contribution in [2.75, 3.05) is 5.32 Å². The minimum absolute atomic E-state index is 0.0179. The van der Waals surface area contributed by atoms with Gasteiger partial charge in [-0.15, -0.1) is 0 Å². The van der Waals surface area contributed by atoms with Gasteiger partial charge in [0.2, 0.25) is 6.54 Å². The van der Waals surface area contributed by atoms with Crippen molar-refractivity contribution in [1.82, 2.24) is 0 Å². The second kappa shape index (κ2) is 7.90. The summed E-state index contributed by atoms with van der Waals surface area (Å²) in [4.78, 5) is 12.1. The van der Waals surface area contributed by atoms with E-state index in [1.807, 2.05) is 42.7 Å². The van der Waals surface area contributed by atoms with Crippen LogP contribution in [0.5, 0.6) is 0 Å². The van der Waals surface area contributed by atoms with Gasteiger partial charge < -0.3 is 5.32 Å². The molecular weight excluding hydrogens is 339 g/mol. The Morgan fingerprint density at radius 1 is 1.00 bits per heavy atom. The summed E-state index contributed by atoms with van der Waals surface area (Å²) in [5.74, 6) is -0.716. The molecule has 0 saturated heterocycles. The lowest BCUT2D eigenvalue weighted by atomic mass is 10.1. The van der Waals surface area contributed by atoms with Gasteiger partial charge in [0, 0.05) is 17.8 Å². The first-order chi connectivity index (χ1) is 12.1. The predicted octanol–water partition coefficient (Wildman–Crippen LogP) is 4.00. The van der Waals surface area contributed by atoms with E-state index in [1.165, 1.54) is 29.3 Å². The summed E-state index contributed by atoms with van der Waals surface area (Å²) in [6.07, 6.45) is 4.59. The SMILES string of the molecule is O=C(C[n+]1ccc(Cc2ccccc2)cc1)Nc1ccc(F)c(Cl)c1. The Morgan fingerprint density at radius 2 is 1.68 bits per heavy atom. The third-order valence-corrected chi connectivity index (χ3v) is 4.03. The fraction of sp³-hybridized carbons (Fsp3) is 0.100. The van der Waals surface area contributed by atoms with Crippen molar-refractivity contribution in [3.05, 3.63) is 95.0 Å². The molecule has 1 N–H and O–H groups in total. The first-order valence-electron chi connectivity index (χ1n) is 7.87. The highest BCUT2D eigenvalue weighted by Gasteiger charge is 2.11. The Kier molecular flexibility index (Phi) is 5.41. The summed E-state index contributed by atoms with van der Waals surface area (Å²) in [5, 5.41) is 2.68. The largest absolute Gasteiger partial charge is 0.321 e. The maximum Gasteiger partial charge on any atom is 0.290 e. The van der Waals surface area contributed by atoms with Crippen LogP contribution in [0.15, 0.2) is 73.1 Å². The molecule has 25 heavy (non-hydrogen) atoms. The van der Waals surface area contributed by atoms with Crippen LogP contribution < -0.4 is 9.88 Å². The van der Waals surface area contributed by atoms with Gasteiger partial charge in [0.1, 0.15) is 5.82 Å². The van der Waals surface area contributed by atoms with Crippen molar-refractivity contribution < 1.29 is 13.8 Å². The molecule has 1 amide bonds. The highest BCUT2D eigenvalue weighted by atomic mass is 35.5. The molecule has 0 fully saturated rings. The molecule has 0 aliphatic carbocycles. The van der Waals surface area contributed by atoms with E-state index in [9.17, 15) is 9.18 Å². The van der Waals surface area contributed by atoms with Gasteiger partial charge >= 0.3 is 0 Å². The van der Waals surface area contributed by atoms with Crippen LogP contribution in [-0.4, -0.2) is 5.91 Å². The first kappa shape index (κ1) is 17.1. The molecule has 1 aromatic heterocycles. The molecule has 1 heterocycles. The number of hydrogen-bond donors (Lipinski definition) is 1. The number of benzene rings is 2. The molecular formula is C20H17ClFN2O+. The molecule has 0 atom stereocenters. The Morgan fingerprint density at radius 3 is 2.36 bits per heavy atom. The first-order valence-corrected chi connectivity index (χ1v) is 8.25. The molecule has 0 saturated carbocycles. The van der Waals surface area contributed by atoms with E-state index in [-0.39, 0.29) is 17.5 Å². The lowest BCUT2D eigenvalue weighted by Gasteiger charge is -2.05. The third kappa shape index (κ3) is 4.88. The number of carbonyl (C=O) groups is 1. The van der Waals surface area contributed by atoms with Gasteiger partial charge in [-0.3, -0.25) is 4.79 Å². The molecule has 0 spiro atoms. The molecule has 0 radical (unpaired) electrons. The Balaban J connectivity index is 1.59. The van der Waals surface area contributed by atoms with Crippen molar-refractivity contribution in [2.45, 2.75) is 13.0 Å². The third-order valence-electron chi connectivity index (χ3n) is 3.74. The molecule has 0 aliphatic heterocycles. The van der Waals surface area contributed by atoms with Crippen LogP contribution in [0.1, 0.15) is 11.1 Å². The van der Waals surface area contributed by atoms with Crippen LogP contribution >= 0.6 is 11.6 Å². The van der Waals surface area contributed by atoms with Gasteiger partial charge in [0.15, 0.2) is 12.4 Å². The lowest BCUT2D eigenvalue weighted by molar-refractivity contribution is -0.684. The van der Waals surface area contributed by atoms with Crippen LogP contribution in [0.3, 0.4) is 0 Å². The van der Waals surface area contributed by atoms with Crippen LogP contribution in [0, 0.1) is 5.82 Å². The highest BCUT2D eigenvalue weighted by molar-refractivity contribution is 6.31. The quantitative estimate of drug-likeness (QED) is 0.689. The average Bonchev–Trinajstić information content (AvgIpc) is 2.61. The van der Waals surface area contributed by atoms with Crippen LogP contribution in [0.25, 0.3) is 0 Å². The van der Waals surface area contributed by atoms with Gasteiger partial charge in [-0.25, -0.2) is 4.39 Å².